The summed E-state index contributed by atoms with van der Waals surface area (Å²) in [6, 6.07) is 6.92. The number of carbonyl (C=O) groups excluding carboxylic acids is 2. The molecule has 0 spiro atoms. The summed E-state index contributed by atoms with van der Waals surface area (Å²) in [6.45, 7) is 0.430. The minimum atomic E-state index is -0.370. The molecule has 0 radical (unpaired) electrons. The van der Waals surface area contributed by atoms with Gasteiger partial charge in [0, 0.05) is 12.6 Å². The second-order valence-corrected chi connectivity index (χ2v) is 4.80. The summed E-state index contributed by atoms with van der Waals surface area (Å²) in [5, 5.41) is 2.86. The van der Waals surface area contributed by atoms with Gasteiger partial charge in [-0.25, -0.2) is 4.79 Å². The van der Waals surface area contributed by atoms with Crippen LogP contribution < -0.4 is 11.1 Å². The Bertz CT molecular complexity index is 522. The monoisotopic (exact) mass is 274 g/mol. The highest BCUT2D eigenvalue weighted by atomic mass is 16.5. The number of esters is 1. The van der Waals surface area contributed by atoms with Crippen molar-refractivity contribution in [1.29, 1.82) is 0 Å². The summed E-state index contributed by atoms with van der Waals surface area (Å²) in [6.07, 6.45) is 4.36. The van der Waals surface area contributed by atoms with Gasteiger partial charge in [-0.05, 0) is 24.1 Å². The lowest BCUT2D eigenvalue weighted by molar-refractivity contribution is -0.123. The van der Waals surface area contributed by atoms with Gasteiger partial charge >= 0.3 is 5.97 Å². The number of benzene rings is 1. The maximum Gasteiger partial charge on any atom is 0.337 e. The zero-order valence-corrected chi connectivity index (χ0v) is 11.3. The molecule has 1 aromatic rings. The van der Waals surface area contributed by atoms with Crippen LogP contribution in [0.25, 0.3) is 0 Å². The zero-order valence-electron chi connectivity index (χ0n) is 11.3. The lowest BCUT2D eigenvalue weighted by Crippen LogP contribution is -2.30. The van der Waals surface area contributed by atoms with E-state index in [0.717, 1.165) is 5.56 Å². The first-order chi connectivity index (χ1) is 9.60. The second-order valence-electron chi connectivity index (χ2n) is 4.80. The van der Waals surface area contributed by atoms with Crippen molar-refractivity contribution < 1.29 is 14.3 Å². The van der Waals surface area contributed by atoms with Crippen LogP contribution >= 0.6 is 0 Å². The highest BCUT2D eigenvalue weighted by Gasteiger charge is 2.22. The van der Waals surface area contributed by atoms with Gasteiger partial charge in [-0.1, -0.05) is 24.3 Å². The molecule has 20 heavy (non-hydrogen) atoms. The molecular weight excluding hydrogens is 256 g/mol. The van der Waals surface area contributed by atoms with E-state index in [1.165, 1.54) is 7.11 Å². The molecule has 2 unspecified atom stereocenters. The van der Waals surface area contributed by atoms with Crippen molar-refractivity contribution in [3.8, 4) is 0 Å². The summed E-state index contributed by atoms with van der Waals surface area (Å²) in [4.78, 5) is 23.2. The van der Waals surface area contributed by atoms with Crippen LogP contribution in [0.4, 0.5) is 0 Å². The molecule has 0 aromatic heterocycles. The minimum Gasteiger partial charge on any atom is -0.465 e. The Morgan fingerprint density at radius 1 is 1.30 bits per heavy atom. The Morgan fingerprint density at radius 2 is 2.00 bits per heavy atom. The number of methoxy groups -OCH3 is 1. The molecule has 0 aliphatic heterocycles. The van der Waals surface area contributed by atoms with Gasteiger partial charge in [0.15, 0.2) is 0 Å². The minimum absolute atomic E-state index is 0.0220. The highest BCUT2D eigenvalue weighted by molar-refractivity contribution is 5.89. The SMILES string of the molecule is COC(=O)c1ccc(CNC(=O)C2C=CC(N)C2)cc1. The fourth-order valence-electron chi connectivity index (χ4n) is 2.12. The fraction of sp³-hybridized carbons (Fsp3) is 0.333. The van der Waals surface area contributed by atoms with Gasteiger partial charge < -0.3 is 15.8 Å². The normalized spacial score (nSPS) is 20.7. The summed E-state index contributed by atoms with van der Waals surface area (Å²) >= 11 is 0. The molecule has 5 heteroatoms. The van der Waals surface area contributed by atoms with Gasteiger partial charge in [0.25, 0.3) is 0 Å². The number of rotatable bonds is 4. The van der Waals surface area contributed by atoms with E-state index in [2.05, 4.69) is 10.1 Å². The Morgan fingerprint density at radius 3 is 2.55 bits per heavy atom. The first-order valence-electron chi connectivity index (χ1n) is 6.49. The van der Waals surface area contributed by atoms with E-state index in [1.54, 1.807) is 24.3 Å². The van der Waals surface area contributed by atoms with Crippen LogP contribution in [0.3, 0.4) is 0 Å². The fourth-order valence-corrected chi connectivity index (χ4v) is 2.12. The van der Waals surface area contributed by atoms with Crippen LogP contribution in [-0.2, 0) is 16.1 Å². The van der Waals surface area contributed by atoms with E-state index in [-0.39, 0.29) is 23.8 Å². The molecule has 0 saturated heterocycles. The van der Waals surface area contributed by atoms with Crippen LogP contribution in [0.15, 0.2) is 36.4 Å². The number of hydrogen-bond acceptors (Lipinski definition) is 4. The van der Waals surface area contributed by atoms with Crippen molar-refractivity contribution in [2.75, 3.05) is 7.11 Å². The van der Waals surface area contributed by atoms with Crippen molar-refractivity contribution in [3.63, 3.8) is 0 Å². The quantitative estimate of drug-likeness (QED) is 0.634. The maximum absolute atomic E-state index is 11.9. The molecule has 0 fully saturated rings. The van der Waals surface area contributed by atoms with Gasteiger partial charge in [0.1, 0.15) is 0 Å². The van der Waals surface area contributed by atoms with Crippen molar-refractivity contribution in [2.45, 2.75) is 19.0 Å². The van der Waals surface area contributed by atoms with Gasteiger partial charge in [-0.3, -0.25) is 4.79 Å². The van der Waals surface area contributed by atoms with E-state index in [1.807, 2.05) is 12.2 Å². The molecule has 5 nitrogen and oxygen atoms in total. The average Bonchev–Trinajstić information content (AvgIpc) is 2.91. The third-order valence-corrected chi connectivity index (χ3v) is 3.30. The molecule has 1 aliphatic rings. The average molecular weight is 274 g/mol. The standard InChI is InChI=1S/C15H18N2O3/c1-20-15(19)11-4-2-10(3-5-11)9-17-14(18)12-6-7-13(16)8-12/h2-7,12-13H,8-9,16H2,1H3,(H,17,18). The Balaban J connectivity index is 1.86. The Hall–Kier alpha value is -2.14. The number of nitrogens with one attached hydrogen (secondary N) is 1. The molecule has 1 aromatic carbocycles. The van der Waals surface area contributed by atoms with Gasteiger partial charge in [0.2, 0.25) is 5.91 Å². The molecule has 0 heterocycles. The number of ether oxygens (including phenoxy) is 1. The summed E-state index contributed by atoms with van der Waals surface area (Å²) in [5.74, 6) is -0.531. The summed E-state index contributed by atoms with van der Waals surface area (Å²) in [7, 11) is 1.34. The summed E-state index contributed by atoms with van der Waals surface area (Å²) in [5.41, 5.74) is 7.14. The molecule has 3 N–H and O–H groups in total. The largest absolute Gasteiger partial charge is 0.465 e. The van der Waals surface area contributed by atoms with Crippen molar-refractivity contribution in [1.82, 2.24) is 5.32 Å². The summed E-state index contributed by atoms with van der Waals surface area (Å²) < 4.78 is 4.62. The molecule has 2 atom stereocenters. The van der Waals surface area contributed by atoms with Gasteiger partial charge in [-0.15, -0.1) is 0 Å². The lowest BCUT2D eigenvalue weighted by atomic mass is 10.1. The van der Waals surface area contributed by atoms with Crippen LogP contribution in [-0.4, -0.2) is 25.0 Å². The smallest absolute Gasteiger partial charge is 0.337 e. The number of nitrogens with two attached hydrogens (primary N) is 1. The van der Waals surface area contributed by atoms with Crippen LogP contribution in [0.1, 0.15) is 22.3 Å². The van der Waals surface area contributed by atoms with Crippen LogP contribution in [0.5, 0.6) is 0 Å². The third-order valence-electron chi connectivity index (χ3n) is 3.30. The predicted molar refractivity (Wildman–Crippen MR) is 74.9 cm³/mol. The van der Waals surface area contributed by atoms with Crippen molar-refractivity contribution in [2.24, 2.45) is 11.7 Å². The van der Waals surface area contributed by atoms with Crippen LogP contribution in [0.2, 0.25) is 0 Å². The molecule has 106 valence electrons. The number of hydrogen-bond donors (Lipinski definition) is 2. The zero-order chi connectivity index (χ0) is 14.5. The Kier molecular flexibility index (Phi) is 4.53. The predicted octanol–water partition coefficient (Wildman–Crippen LogP) is 0.993. The molecule has 2 rings (SSSR count). The third kappa shape index (κ3) is 3.45. The topological polar surface area (TPSA) is 81.4 Å². The molecule has 1 aliphatic carbocycles. The molecular formula is C15H18N2O3. The lowest BCUT2D eigenvalue weighted by Gasteiger charge is -2.10. The van der Waals surface area contributed by atoms with Crippen molar-refractivity contribution in [3.05, 3.63) is 47.5 Å². The maximum atomic E-state index is 11.9. The van der Waals surface area contributed by atoms with E-state index in [0.29, 0.717) is 18.5 Å². The molecule has 0 saturated carbocycles. The molecule has 0 bridgehead atoms. The van der Waals surface area contributed by atoms with Crippen LogP contribution in [0, 0.1) is 5.92 Å². The van der Waals surface area contributed by atoms with Gasteiger partial charge in [0.05, 0.1) is 18.6 Å². The second kappa shape index (κ2) is 6.34. The first-order valence-corrected chi connectivity index (χ1v) is 6.49. The van der Waals surface area contributed by atoms with E-state index < -0.39 is 0 Å². The van der Waals surface area contributed by atoms with E-state index in [9.17, 15) is 9.59 Å². The Labute approximate surface area is 117 Å². The van der Waals surface area contributed by atoms with E-state index in [4.69, 9.17) is 5.73 Å². The van der Waals surface area contributed by atoms with Gasteiger partial charge in [-0.2, -0.15) is 0 Å². The highest BCUT2D eigenvalue weighted by Crippen LogP contribution is 2.16. The molecule has 1 amide bonds. The van der Waals surface area contributed by atoms with Crippen molar-refractivity contribution >= 4 is 11.9 Å². The van der Waals surface area contributed by atoms with E-state index >= 15 is 0 Å². The number of carbonyl (C=O) groups is 2. The number of amides is 1. The first kappa shape index (κ1) is 14.3.